The summed E-state index contributed by atoms with van der Waals surface area (Å²) in [6.07, 6.45) is 0.330. The van der Waals surface area contributed by atoms with Gasteiger partial charge in [0.15, 0.2) is 0 Å². The van der Waals surface area contributed by atoms with Gasteiger partial charge in [0.25, 0.3) is 0 Å². The molecule has 1 aromatic rings. The molecule has 11 heteroatoms. The van der Waals surface area contributed by atoms with Crippen LogP contribution in [0.1, 0.15) is 18.4 Å². The minimum atomic E-state index is -0.736. The lowest BCUT2D eigenvalue weighted by Crippen LogP contribution is -2.50. The summed E-state index contributed by atoms with van der Waals surface area (Å²) in [5.74, 6) is -2.07. The molecule has 1 atom stereocenters. The van der Waals surface area contributed by atoms with Crippen molar-refractivity contribution in [3.8, 4) is 0 Å². The number of carbonyl (C=O) groups is 5. The average Bonchev–Trinajstić information content (AvgIpc) is 3.28. The number of carbonyl (C=O) groups excluding carboxylic acids is 5. The molecule has 1 heterocycles. The van der Waals surface area contributed by atoms with E-state index in [1.807, 2.05) is 30.3 Å². The first kappa shape index (κ1) is 23.6. The number of methoxy groups -OCH3 is 1. The van der Waals surface area contributed by atoms with Gasteiger partial charge >= 0.3 is 12.1 Å². The van der Waals surface area contributed by atoms with E-state index in [1.54, 1.807) is 0 Å². The highest BCUT2D eigenvalue weighted by Gasteiger charge is 2.34. The minimum absolute atomic E-state index is 0.0770. The van der Waals surface area contributed by atoms with Crippen LogP contribution in [0.15, 0.2) is 30.3 Å². The molecule has 1 unspecified atom stereocenters. The quantitative estimate of drug-likeness (QED) is 0.437. The van der Waals surface area contributed by atoms with E-state index in [-0.39, 0.29) is 26.2 Å². The molecule has 4 amide bonds. The van der Waals surface area contributed by atoms with Gasteiger partial charge in [0.1, 0.15) is 25.7 Å². The van der Waals surface area contributed by atoms with Gasteiger partial charge in [-0.15, -0.1) is 0 Å². The van der Waals surface area contributed by atoms with Gasteiger partial charge in [-0.2, -0.15) is 0 Å². The highest BCUT2D eigenvalue weighted by Crippen LogP contribution is 2.17. The monoisotopic (exact) mass is 434 g/mol. The Morgan fingerprint density at radius 2 is 1.74 bits per heavy atom. The van der Waals surface area contributed by atoms with Gasteiger partial charge in [-0.1, -0.05) is 30.3 Å². The maximum Gasteiger partial charge on any atom is 0.407 e. The number of esters is 1. The Bertz CT molecular complexity index is 800. The van der Waals surface area contributed by atoms with E-state index in [0.717, 1.165) is 5.56 Å². The highest BCUT2D eigenvalue weighted by molar-refractivity contribution is 5.92. The molecule has 1 aliphatic rings. The summed E-state index contributed by atoms with van der Waals surface area (Å²) in [5, 5.41) is 7.13. The standard InChI is InChI=1S/C20H26N4O7/c1-30-18(27)12-21-16(25)10-22-19(28)15-8-5-9-24(15)17(26)11-23-20(29)31-13-14-6-3-2-4-7-14/h2-4,6-7,15H,5,8-13H2,1H3,(H,21,25)(H,22,28)(H,23,29). The number of likely N-dealkylation sites (tertiary alicyclic amines) is 1. The summed E-state index contributed by atoms with van der Waals surface area (Å²) in [5.41, 5.74) is 0.816. The van der Waals surface area contributed by atoms with Crippen molar-refractivity contribution in [3.63, 3.8) is 0 Å². The molecule has 0 radical (unpaired) electrons. The van der Waals surface area contributed by atoms with Crippen LogP contribution in [0.4, 0.5) is 4.79 Å². The Labute approximate surface area is 179 Å². The fourth-order valence-electron chi connectivity index (χ4n) is 2.95. The molecular weight excluding hydrogens is 408 g/mol. The van der Waals surface area contributed by atoms with Crippen molar-refractivity contribution in [2.75, 3.05) is 33.3 Å². The molecule has 31 heavy (non-hydrogen) atoms. The van der Waals surface area contributed by atoms with Crippen LogP contribution in [0.2, 0.25) is 0 Å². The molecule has 0 aliphatic carbocycles. The van der Waals surface area contributed by atoms with Crippen molar-refractivity contribution in [1.29, 1.82) is 0 Å². The fraction of sp³-hybridized carbons (Fsp3) is 0.450. The molecule has 0 spiro atoms. The van der Waals surface area contributed by atoms with Gasteiger partial charge in [0.2, 0.25) is 17.7 Å². The third-order valence-corrected chi connectivity index (χ3v) is 4.55. The molecule has 11 nitrogen and oxygen atoms in total. The van der Waals surface area contributed by atoms with Crippen LogP contribution < -0.4 is 16.0 Å². The van der Waals surface area contributed by atoms with Gasteiger partial charge in [0, 0.05) is 6.54 Å². The number of nitrogens with one attached hydrogen (secondary N) is 3. The SMILES string of the molecule is COC(=O)CNC(=O)CNC(=O)C1CCCN1C(=O)CNC(=O)OCc1ccccc1. The van der Waals surface area contributed by atoms with Gasteiger partial charge in [-0.25, -0.2) is 4.79 Å². The zero-order valence-corrected chi connectivity index (χ0v) is 17.2. The molecule has 0 bridgehead atoms. The Kier molecular flexibility index (Phi) is 9.27. The van der Waals surface area contributed by atoms with E-state index >= 15 is 0 Å². The van der Waals surface area contributed by atoms with Crippen LogP contribution in [-0.4, -0.2) is 74.0 Å². The Morgan fingerprint density at radius 3 is 2.45 bits per heavy atom. The Morgan fingerprint density at radius 1 is 1.00 bits per heavy atom. The fourth-order valence-corrected chi connectivity index (χ4v) is 2.95. The predicted octanol–water partition coefficient (Wildman–Crippen LogP) is -0.691. The lowest BCUT2D eigenvalue weighted by molar-refractivity contribution is -0.141. The van der Waals surface area contributed by atoms with Crippen molar-refractivity contribution in [1.82, 2.24) is 20.9 Å². The lowest BCUT2D eigenvalue weighted by atomic mass is 10.2. The highest BCUT2D eigenvalue weighted by atomic mass is 16.5. The zero-order chi connectivity index (χ0) is 22.6. The zero-order valence-electron chi connectivity index (χ0n) is 17.2. The van der Waals surface area contributed by atoms with Gasteiger partial charge in [-0.05, 0) is 18.4 Å². The van der Waals surface area contributed by atoms with E-state index < -0.39 is 35.8 Å². The molecule has 1 fully saturated rings. The van der Waals surface area contributed by atoms with Gasteiger partial charge < -0.3 is 30.3 Å². The minimum Gasteiger partial charge on any atom is -0.468 e. The number of hydrogen-bond acceptors (Lipinski definition) is 7. The molecule has 168 valence electrons. The van der Waals surface area contributed by atoms with Crippen LogP contribution in [0.25, 0.3) is 0 Å². The van der Waals surface area contributed by atoms with E-state index in [4.69, 9.17) is 4.74 Å². The first-order valence-corrected chi connectivity index (χ1v) is 9.76. The molecule has 3 N–H and O–H groups in total. The second-order valence-corrected chi connectivity index (χ2v) is 6.73. The number of ether oxygens (including phenoxy) is 2. The first-order chi connectivity index (χ1) is 14.9. The molecular formula is C20H26N4O7. The van der Waals surface area contributed by atoms with Crippen molar-refractivity contribution in [3.05, 3.63) is 35.9 Å². The van der Waals surface area contributed by atoms with Crippen molar-refractivity contribution >= 4 is 29.8 Å². The van der Waals surface area contributed by atoms with Crippen LogP contribution in [0.5, 0.6) is 0 Å². The molecule has 1 aliphatic heterocycles. The molecule has 0 aromatic heterocycles. The maximum atomic E-state index is 12.4. The smallest absolute Gasteiger partial charge is 0.407 e. The number of amides is 4. The average molecular weight is 434 g/mol. The molecule has 2 rings (SSSR count). The second-order valence-electron chi connectivity index (χ2n) is 6.73. The van der Waals surface area contributed by atoms with Gasteiger partial charge in [0.05, 0.1) is 13.7 Å². The third kappa shape index (κ3) is 7.96. The summed E-state index contributed by atoms with van der Waals surface area (Å²) in [6, 6.07) is 8.37. The van der Waals surface area contributed by atoms with Crippen molar-refractivity contribution in [2.45, 2.75) is 25.5 Å². The number of hydrogen-bond donors (Lipinski definition) is 3. The van der Waals surface area contributed by atoms with Crippen molar-refractivity contribution in [2.24, 2.45) is 0 Å². The molecule has 0 saturated carbocycles. The van der Waals surface area contributed by atoms with E-state index in [9.17, 15) is 24.0 Å². The summed E-state index contributed by atoms with van der Waals surface area (Å²) in [7, 11) is 1.19. The Hall–Kier alpha value is -3.63. The topological polar surface area (TPSA) is 143 Å². The maximum absolute atomic E-state index is 12.4. The normalized spacial score (nSPS) is 15.0. The summed E-state index contributed by atoms with van der Waals surface area (Å²) < 4.78 is 9.45. The first-order valence-electron chi connectivity index (χ1n) is 9.76. The molecule has 1 saturated heterocycles. The van der Waals surface area contributed by atoms with E-state index in [2.05, 4.69) is 20.7 Å². The Balaban J connectivity index is 1.72. The van der Waals surface area contributed by atoms with Gasteiger partial charge in [-0.3, -0.25) is 19.2 Å². The number of alkyl carbamates (subject to hydrolysis) is 1. The third-order valence-electron chi connectivity index (χ3n) is 4.55. The number of nitrogens with zero attached hydrogens (tertiary/aromatic N) is 1. The van der Waals surface area contributed by atoms with E-state index in [1.165, 1.54) is 12.0 Å². The van der Waals surface area contributed by atoms with Crippen LogP contribution in [0.3, 0.4) is 0 Å². The van der Waals surface area contributed by atoms with Crippen molar-refractivity contribution < 1.29 is 33.4 Å². The largest absolute Gasteiger partial charge is 0.468 e. The lowest BCUT2D eigenvalue weighted by Gasteiger charge is -2.24. The van der Waals surface area contributed by atoms with Crippen LogP contribution in [-0.2, 0) is 35.3 Å². The van der Waals surface area contributed by atoms with E-state index in [0.29, 0.717) is 19.4 Å². The number of rotatable bonds is 9. The van der Waals surface area contributed by atoms with Crippen LogP contribution in [0, 0.1) is 0 Å². The second kappa shape index (κ2) is 12.2. The predicted molar refractivity (Wildman–Crippen MR) is 107 cm³/mol. The number of benzene rings is 1. The summed E-state index contributed by atoms with van der Waals surface area (Å²) >= 11 is 0. The van der Waals surface area contributed by atoms with Crippen LogP contribution >= 0.6 is 0 Å². The molecule has 1 aromatic carbocycles. The summed E-state index contributed by atoms with van der Waals surface area (Å²) in [4.78, 5) is 60.6. The summed E-state index contributed by atoms with van der Waals surface area (Å²) in [6.45, 7) is -0.499.